The monoisotopic (exact) mass is 171 g/mol. The lowest BCUT2D eigenvalue weighted by Crippen LogP contribution is -2.32. The van der Waals surface area contributed by atoms with Crippen LogP contribution in [0.1, 0.15) is 34.6 Å². The maximum Gasteiger partial charge on any atom is 0.222 e. The Kier molecular flexibility index (Phi) is 4.95. The van der Waals surface area contributed by atoms with Crippen molar-refractivity contribution in [1.82, 2.24) is 5.32 Å². The van der Waals surface area contributed by atoms with E-state index >= 15 is 0 Å². The highest BCUT2D eigenvalue weighted by Crippen LogP contribution is 2.07. The maximum absolute atomic E-state index is 11.2. The third-order valence-electron chi connectivity index (χ3n) is 2.26. The zero-order valence-corrected chi connectivity index (χ0v) is 8.85. The van der Waals surface area contributed by atoms with Crippen molar-refractivity contribution in [3.8, 4) is 0 Å². The molecule has 0 bridgehead atoms. The molecule has 1 atom stereocenters. The van der Waals surface area contributed by atoms with E-state index in [1.54, 1.807) is 0 Å². The zero-order valence-electron chi connectivity index (χ0n) is 8.85. The van der Waals surface area contributed by atoms with Crippen molar-refractivity contribution >= 4 is 5.91 Å². The van der Waals surface area contributed by atoms with Crippen molar-refractivity contribution in [2.75, 3.05) is 6.54 Å². The largest absolute Gasteiger partial charge is 0.356 e. The Balaban J connectivity index is 3.61. The van der Waals surface area contributed by atoms with E-state index < -0.39 is 0 Å². The van der Waals surface area contributed by atoms with Crippen LogP contribution in [0.25, 0.3) is 0 Å². The van der Waals surface area contributed by atoms with E-state index in [0.717, 1.165) is 6.54 Å². The van der Waals surface area contributed by atoms with E-state index in [2.05, 4.69) is 26.1 Å². The Hall–Kier alpha value is -0.530. The first-order chi connectivity index (χ1) is 5.45. The Bertz CT molecular complexity index is 141. The second-order valence-corrected chi connectivity index (χ2v) is 4.12. The maximum atomic E-state index is 11.2. The van der Waals surface area contributed by atoms with E-state index in [0.29, 0.717) is 11.8 Å². The first-order valence-electron chi connectivity index (χ1n) is 4.72. The molecule has 72 valence electrons. The van der Waals surface area contributed by atoms with Gasteiger partial charge in [0.25, 0.3) is 0 Å². The molecule has 0 aromatic heterocycles. The summed E-state index contributed by atoms with van der Waals surface area (Å²) in [7, 11) is 0. The fraction of sp³-hybridized carbons (Fsp3) is 0.900. The molecule has 0 spiro atoms. The SMILES string of the molecule is CC(C)C(=O)NCC(C)C(C)C. The van der Waals surface area contributed by atoms with Gasteiger partial charge >= 0.3 is 0 Å². The molecule has 2 nitrogen and oxygen atoms in total. The number of hydrogen-bond acceptors (Lipinski definition) is 1. The topological polar surface area (TPSA) is 29.1 Å². The van der Waals surface area contributed by atoms with Gasteiger partial charge in [0.15, 0.2) is 0 Å². The van der Waals surface area contributed by atoms with E-state index in [1.165, 1.54) is 0 Å². The third-order valence-corrected chi connectivity index (χ3v) is 2.26. The molecule has 0 aliphatic rings. The molecule has 0 rings (SSSR count). The summed E-state index contributed by atoms with van der Waals surface area (Å²) < 4.78 is 0. The molecule has 0 saturated carbocycles. The average molecular weight is 171 g/mol. The highest BCUT2D eigenvalue weighted by Gasteiger charge is 2.10. The molecule has 1 unspecified atom stereocenters. The van der Waals surface area contributed by atoms with E-state index in [4.69, 9.17) is 0 Å². The van der Waals surface area contributed by atoms with E-state index in [-0.39, 0.29) is 11.8 Å². The summed E-state index contributed by atoms with van der Waals surface area (Å²) in [5.74, 6) is 1.46. The van der Waals surface area contributed by atoms with Crippen molar-refractivity contribution in [3.63, 3.8) is 0 Å². The molecule has 0 heterocycles. The van der Waals surface area contributed by atoms with Crippen LogP contribution >= 0.6 is 0 Å². The Morgan fingerprint density at radius 1 is 1.17 bits per heavy atom. The van der Waals surface area contributed by atoms with Gasteiger partial charge in [0.05, 0.1) is 0 Å². The van der Waals surface area contributed by atoms with Crippen LogP contribution in [-0.2, 0) is 4.79 Å². The number of rotatable bonds is 4. The molecule has 2 heteroatoms. The van der Waals surface area contributed by atoms with Gasteiger partial charge in [0.1, 0.15) is 0 Å². The summed E-state index contributed by atoms with van der Waals surface area (Å²) in [5, 5.41) is 2.92. The molecule has 12 heavy (non-hydrogen) atoms. The second kappa shape index (κ2) is 5.18. The molecule has 0 saturated heterocycles. The minimum Gasteiger partial charge on any atom is -0.356 e. The molecule has 1 N–H and O–H groups in total. The van der Waals surface area contributed by atoms with Crippen molar-refractivity contribution in [2.45, 2.75) is 34.6 Å². The highest BCUT2D eigenvalue weighted by molar-refractivity contribution is 5.77. The van der Waals surface area contributed by atoms with Crippen LogP contribution in [0.2, 0.25) is 0 Å². The summed E-state index contributed by atoms with van der Waals surface area (Å²) in [6.07, 6.45) is 0. The van der Waals surface area contributed by atoms with Gasteiger partial charge in [0.2, 0.25) is 5.91 Å². The average Bonchev–Trinajstić information content (AvgIpc) is 1.98. The summed E-state index contributed by atoms with van der Waals surface area (Å²) in [6, 6.07) is 0. The van der Waals surface area contributed by atoms with Gasteiger partial charge in [-0.2, -0.15) is 0 Å². The van der Waals surface area contributed by atoms with Gasteiger partial charge in [-0.1, -0.05) is 34.6 Å². The minimum atomic E-state index is 0.101. The number of hydrogen-bond donors (Lipinski definition) is 1. The van der Waals surface area contributed by atoms with Gasteiger partial charge in [0, 0.05) is 12.5 Å². The van der Waals surface area contributed by atoms with Gasteiger partial charge in [-0.15, -0.1) is 0 Å². The second-order valence-electron chi connectivity index (χ2n) is 4.12. The summed E-state index contributed by atoms with van der Waals surface area (Å²) in [4.78, 5) is 11.2. The van der Waals surface area contributed by atoms with Crippen LogP contribution in [0.3, 0.4) is 0 Å². The Morgan fingerprint density at radius 2 is 1.67 bits per heavy atom. The molecular formula is C10H21NO. The molecule has 1 amide bonds. The Labute approximate surface area is 75.7 Å². The lowest BCUT2D eigenvalue weighted by atomic mass is 9.98. The van der Waals surface area contributed by atoms with E-state index in [1.807, 2.05) is 13.8 Å². The number of amides is 1. The first kappa shape index (κ1) is 11.5. The summed E-state index contributed by atoms with van der Waals surface area (Å²) >= 11 is 0. The fourth-order valence-electron chi connectivity index (χ4n) is 0.701. The fourth-order valence-corrected chi connectivity index (χ4v) is 0.701. The van der Waals surface area contributed by atoms with Crippen LogP contribution in [0, 0.1) is 17.8 Å². The zero-order chi connectivity index (χ0) is 9.72. The number of carbonyl (C=O) groups excluding carboxylic acids is 1. The van der Waals surface area contributed by atoms with Crippen LogP contribution < -0.4 is 5.32 Å². The molecule has 0 aromatic carbocycles. The highest BCUT2D eigenvalue weighted by atomic mass is 16.1. The van der Waals surface area contributed by atoms with Crippen LogP contribution in [0.4, 0.5) is 0 Å². The van der Waals surface area contributed by atoms with Gasteiger partial charge in [-0.25, -0.2) is 0 Å². The van der Waals surface area contributed by atoms with Crippen molar-refractivity contribution in [1.29, 1.82) is 0 Å². The Morgan fingerprint density at radius 3 is 2.00 bits per heavy atom. The predicted octanol–water partition coefficient (Wildman–Crippen LogP) is 2.05. The normalized spacial score (nSPS) is 13.6. The smallest absolute Gasteiger partial charge is 0.222 e. The molecular weight excluding hydrogens is 150 g/mol. The van der Waals surface area contributed by atoms with Gasteiger partial charge in [-0.3, -0.25) is 4.79 Å². The molecule has 0 aromatic rings. The summed E-state index contributed by atoms with van der Waals surface area (Å²) in [5.41, 5.74) is 0. The first-order valence-corrected chi connectivity index (χ1v) is 4.72. The lowest BCUT2D eigenvalue weighted by Gasteiger charge is -2.16. The van der Waals surface area contributed by atoms with Gasteiger partial charge < -0.3 is 5.32 Å². The minimum absolute atomic E-state index is 0.101. The third kappa shape index (κ3) is 4.37. The van der Waals surface area contributed by atoms with E-state index in [9.17, 15) is 4.79 Å². The van der Waals surface area contributed by atoms with Crippen molar-refractivity contribution in [3.05, 3.63) is 0 Å². The van der Waals surface area contributed by atoms with Crippen molar-refractivity contribution in [2.24, 2.45) is 17.8 Å². The lowest BCUT2D eigenvalue weighted by molar-refractivity contribution is -0.124. The molecule has 0 radical (unpaired) electrons. The molecule has 0 aliphatic carbocycles. The standard InChI is InChI=1S/C10H21NO/c1-7(2)9(5)6-11-10(12)8(3)4/h7-9H,6H2,1-5H3,(H,11,12). The van der Waals surface area contributed by atoms with Gasteiger partial charge in [-0.05, 0) is 11.8 Å². The van der Waals surface area contributed by atoms with Crippen molar-refractivity contribution < 1.29 is 4.79 Å². The van der Waals surface area contributed by atoms with Crippen LogP contribution in [-0.4, -0.2) is 12.5 Å². The van der Waals surface area contributed by atoms with Crippen LogP contribution in [0.5, 0.6) is 0 Å². The predicted molar refractivity (Wildman–Crippen MR) is 51.8 cm³/mol. The van der Waals surface area contributed by atoms with Crippen LogP contribution in [0.15, 0.2) is 0 Å². The number of carbonyl (C=O) groups is 1. The number of nitrogens with one attached hydrogen (secondary N) is 1. The quantitative estimate of drug-likeness (QED) is 0.689. The summed E-state index contributed by atoms with van der Waals surface area (Å²) in [6.45, 7) is 11.1. The molecule has 0 aliphatic heterocycles. The molecule has 0 fully saturated rings.